The van der Waals surface area contributed by atoms with Crippen LogP contribution in [-0.4, -0.2) is 14.5 Å². The number of benzene rings is 8. The van der Waals surface area contributed by atoms with Crippen molar-refractivity contribution in [1.82, 2.24) is 14.5 Å². The Labute approximate surface area is 329 Å². The Kier molecular flexibility index (Phi) is 6.81. The number of fused-ring (bicyclic) bond motifs is 10. The van der Waals surface area contributed by atoms with Gasteiger partial charge in [-0.05, 0) is 63.7 Å². The molecule has 0 radical (unpaired) electrons. The van der Waals surface area contributed by atoms with Gasteiger partial charge in [-0.3, -0.25) is 4.57 Å². The molecule has 4 nitrogen and oxygen atoms in total. The van der Waals surface area contributed by atoms with Crippen LogP contribution in [0.3, 0.4) is 0 Å². The van der Waals surface area contributed by atoms with Crippen molar-refractivity contribution < 1.29 is 4.42 Å². The highest BCUT2D eigenvalue weighted by Gasteiger charge is 2.46. The Morgan fingerprint density at radius 3 is 1.65 bits per heavy atom. The average molecular weight is 728 g/mol. The van der Waals surface area contributed by atoms with Gasteiger partial charge in [0.05, 0.1) is 27.8 Å². The number of furan rings is 1. The zero-order valence-corrected chi connectivity index (χ0v) is 30.8. The van der Waals surface area contributed by atoms with Crippen LogP contribution >= 0.6 is 0 Å². The van der Waals surface area contributed by atoms with Gasteiger partial charge < -0.3 is 4.42 Å². The molecule has 0 bridgehead atoms. The van der Waals surface area contributed by atoms with Crippen molar-refractivity contribution in [1.29, 1.82) is 0 Å². The lowest BCUT2D eigenvalue weighted by atomic mass is 9.67. The molecule has 0 N–H and O–H groups in total. The lowest BCUT2D eigenvalue weighted by molar-refractivity contribution is 0.669. The Bertz CT molecular complexity index is 3240. The molecule has 0 unspecified atom stereocenters. The number of hydrogen-bond donors (Lipinski definition) is 0. The Hall–Kier alpha value is -7.56. The van der Waals surface area contributed by atoms with Crippen LogP contribution in [0.5, 0.6) is 0 Å². The number of nitrogens with zero attached hydrogens (tertiary/aromatic N) is 3. The van der Waals surface area contributed by atoms with Crippen LogP contribution in [-0.2, 0) is 5.41 Å². The standard InChI is InChI=1S/C53H33N3O/c1-4-16-34(17-5-1)44-33-45(35-18-6-2-7-19-35)55-52(54-44)56-46-30-31-49-51(41-24-12-15-27-48(41)57-49)50(46)40-29-28-37(32-47(40)56)53(36-20-8-3-9-21-36)42-25-13-10-22-38(42)39-23-11-14-26-43(39)53/h1-33H. The molecule has 11 aromatic rings. The summed E-state index contributed by atoms with van der Waals surface area (Å²) in [5.41, 5.74) is 14.5. The summed E-state index contributed by atoms with van der Waals surface area (Å²) in [6.45, 7) is 0. The van der Waals surface area contributed by atoms with Gasteiger partial charge in [0.1, 0.15) is 11.2 Å². The third-order valence-electron chi connectivity index (χ3n) is 11.9. The van der Waals surface area contributed by atoms with Crippen LogP contribution in [0.4, 0.5) is 0 Å². The monoisotopic (exact) mass is 727 g/mol. The Morgan fingerprint density at radius 2 is 0.982 bits per heavy atom. The van der Waals surface area contributed by atoms with Crippen LogP contribution < -0.4 is 0 Å². The molecule has 4 heteroatoms. The molecule has 0 saturated heterocycles. The number of para-hydroxylation sites is 1. The second-order valence-electron chi connectivity index (χ2n) is 14.9. The topological polar surface area (TPSA) is 43.9 Å². The molecule has 0 spiro atoms. The molecule has 12 rings (SSSR count). The molecule has 8 aromatic carbocycles. The molecule has 3 aromatic heterocycles. The van der Waals surface area contributed by atoms with Crippen LogP contribution in [0.2, 0.25) is 0 Å². The van der Waals surface area contributed by atoms with Gasteiger partial charge in [-0.25, -0.2) is 9.97 Å². The lowest BCUT2D eigenvalue weighted by Gasteiger charge is -2.34. The summed E-state index contributed by atoms with van der Waals surface area (Å²) in [4.78, 5) is 10.8. The van der Waals surface area contributed by atoms with Gasteiger partial charge in [0.25, 0.3) is 0 Å². The zero-order valence-electron chi connectivity index (χ0n) is 30.8. The van der Waals surface area contributed by atoms with Gasteiger partial charge in [0, 0.05) is 32.7 Å². The van der Waals surface area contributed by atoms with E-state index in [1.54, 1.807) is 0 Å². The average Bonchev–Trinajstić information content (AvgIpc) is 3.93. The van der Waals surface area contributed by atoms with Crippen molar-refractivity contribution in [2.45, 2.75) is 5.41 Å². The van der Waals surface area contributed by atoms with Gasteiger partial charge in [-0.15, -0.1) is 0 Å². The third kappa shape index (κ3) is 4.56. The summed E-state index contributed by atoms with van der Waals surface area (Å²) in [7, 11) is 0. The van der Waals surface area contributed by atoms with Crippen molar-refractivity contribution >= 4 is 43.7 Å². The second-order valence-corrected chi connectivity index (χ2v) is 14.9. The molecule has 0 atom stereocenters. The van der Waals surface area contributed by atoms with Gasteiger partial charge in [0.15, 0.2) is 0 Å². The van der Waals surface area contributed by atoms with Crippen molar-refractivity contribution in [3.63, 3.8) is 0 Å². The first-order chi connectivity index (χ1) is 28.3. The summed E-state index contributed by atoms with van der Waals surface area (Å²) in [5, 5.41) is 4.42. The van der Waals surface area contributed by atoms with Crippen molar-refractivity contribution in [2.24, 2.45) is 0 Å². The van der Waals surface area contributed by atoms with E-state index >= 15 is 0 Å². The highest BCUT2D eigenvalue weighted by Crippen LogP contribution is 2.56. The fourth-order valence-corrected chi connectivity index (χ4v) is 9.53. The summed E-state index contributed by atoms with van der Waals surface area (Å²) >= 11 is 0. The predicted molar refractivity (Wildman–Crippen MR) is 232 cm³/mol. The van der Waals surface area contributed by atoms with E-state index in [1.165, 1.54) is 33.4 Å². The van der Waals surface area contributed by atoms with Crippen LogP contribution in [0.15, 0.2) is 205 Å². The smallest absolute Gasteiger partial charge is 0.235 e. The van der Waals surface area contributed by atoms with E-state index < -0.39 is 5.41 Å². The normalized spacial score (nSPS) is 13.1. The van der Waals surface area contributed by atoms with Crippen LogP contribution in [0.25, 0.3) is 83.3 Å². The minimum atomic E-state index is -0.566. The quantitative estimate of drug-likeness (QED) is 0.177. The summed E-state index contributed by atoms with van der Waals surface area (Å²) in [6.07, 6.45) is 0. The maximum absolute atomic E-state index is 6.49. The van der Waals surface area contributed by atoms with E-state index in [4.69, 9.17) is 14.4 Å². The molecule has 0 saturated carbocycles. The number of hydrogen-bond acceptors (Lipinski definition) is 3. The molecule has 0 amide bonds. The molecular formula is C53H33N3O. The fraction of sp³-hybridized carbons (Fsp3) is 0.0189. The highest BCUT2D eigenvalue weighted by molar-refractivity contribution is 6.27. The van der Waals surface area contributed by atoms with Gasteiger partial charge in [-0.1, -0.05) is 170 Å². The van der Waals surface area contributed by atoms with Crippen molar-refractivity contribution in [2.75, 3.05) is 0 Å². The Morgan fingerprint density at radius 1 is 0.404 bits per heavy atom. The van der Waals surface area contributed by atoms with Crippen LogP contribution in [0, 0.1) is 0 Å². The molecule has 0 aliphatic heterocycles. The maximum Gasteiger partial charge on any atom is 0.235 e. The zero-order chi connectivity index (χ0) is 37.5. The first-order valence-corrected chi connectivity index (χ1v) is 19.4. The Balaban J connectivity index is 1.24. The molecular weight excluding hydrogens is 695 g/mol. The van der Waals surface area contributed by atoms with E-state index in [0.29, 0.717) is 5.95 Å². The molecule has 57 heavy (non-hydrogen) atoms. The minimum absolute atomic E-state index is 0.566. The molecule has 266 valence electrons. The van der Waals surface area contributed by atoms with E-state index in [9.17, 15) is 0 Å². The number of rotatable bonds is 5. The molecule has 1 aliphatic carbocycles. The van der Waals surface area contributed by atoms with Crippen molar-refractivity contribution in [3.05, 3.63) is 222 Å². The first-order valence-electron chi connectivity index (χ1n) is 19.4. The van der Waals surface area contributed by atoms with E-state index in [-0.39, 0.29) is 0 Å². The summed E-state index contributed by atoms with van der Waals surface area (Å²) < 4.78 is 8.77. The van der Waals surface area contributed by atoms with E-state index in [2.05, 4.69) is 187 Å². The minimum Gasteiger partial charge on any atom is -0.456 e. The SMILES string of the molecule is c1ccc(-c2cc(-c3ccccc3)nc(-n3c4cc(C5(c6ccccc6)c6ccccc6-c6ccccc65)ccc4c4c5c(ccc43)oc3ccccc35)n2)cc1. The third-order valence-corrected chi connectivity index (χ3v) is 11.9. The lowest BCUT2D eigenvalue weighted by Crippen LogP contribution is -2.28. The summed E-state index contributed by atoms with van der Waals surface area (Å²) in [5.74, 6) is 0.612. The fourth-order valence-electron chi connectivity index (χ4n) is 9.53. The largest absolute Gasteiger partial charge is 0.456 e. The molecule has 1 aliphatic rings. The van der Waals surface area contributed by atoms with Crippen molar-refractivity contribution in [3.8, 4) is 39.6 Å². The van der Waals surface area contributed by atoms with Crippen LogP contribution in [0.1, 0.15) is 22.3 Å². The van der Waals surface area contributed by atoms with Gasteiger partial charge >= 0.3 is 0 Å². The molecule has 0 fully saturated rings. The molecule has 3 heterocycles. The van der Waals surface area contributed by atoms with E-state index in [0.717, 1.165) is 66.3 Å². The summed E-state index contributed by atoms with van der Waals surface area (Å²) in [6, 6.07) is 71.3. The predicted octanol–water partition coefficient (Wildman–Crippen LogP) is 13.2. The second kappa shape index (κ2) is 12.2. The first kappa shape index (κ1) is 31.8. The van der Waals surface area contributed by atoms with E-state index in [1.807, 2.05) is 18.2 Å². The maximum atomic E-state index is 6.49. The van der Waals surface area contributed by atoms with Gasteiger partial charge in [-0.2, -0.15) is 0 Å². The van der Waals surface area contributed by atoms with Gasteiger partial charge in [0.2, 0.25) is 5.95 Å². The highest BCUT2D eigenvalue weighted by atomic mass is 16.3. The number of aromatic nitrogens is 3.